The molecule has 0 spiro atoms. The molecule has 4 nitrogen and oxygen atoms in total. The molecule has 5 heteroatoms. The maximum atomic E-state index is 5.78. The van der Waals surface area contributed by atoms with Gasteiger partial charge in [-0.05, 0) is 44.0 Å². The summed E-state index contributed by atoms with van der Waals surface area (Å²) in [4.78, 5) is 7.45. The summed E-state index contributed by atoms with van der Waals surface area (Å²) in [5.41, 5.74) is 4.95. The van der Waals surface area contributed by atoms with E-state index in [-0.39, 0.29) is 0 Å². The summed E-state index contributed by atoms with van der Waals surface area (Å²) < 4.78 is 11.5. The van der Waals surface area contributed by atoms with Gasteiger partial charge < -0.3 is 9.47 Å². The van der Waals surface area contributed by atoms with Crippen LogP contribution in [-0.2, 0) is 6.54 Å². The van der Waals surface area contributed by atoms with Gasteiger partial charge in [-0.1, -0.05) is 49.7 Å². The van der Waals surface area contributed by atoms with Crippen molar-refractivity contribution >= 4 is 11.3 Å². The van der Waals surface area contributed by atoms with E-state index < -0.39 is 0 Å². The molecule has 2 aliphatic heterocycles. The van der Waals surface area contributed by atoms with Gasteiger partial charge in [-0.15, -0.1) is 11.3 Å². The lowest BCUT2D eigenvalue weighted by Crippen LogP contribution is -2.23. The molecule has 0 bridgehead atoms. The summed E-state index contributed by atoms with van der Waals surface area (Å²) in [5, 5.41) is 3.30. The third-order valence-electron chi connectivity index (χ3n) is 5.53. The second-order valence-electron chi connectivity index (χ2n) is 7.54. The Labute approximate surface area is 183 Å². The molecule has 0 amide bonds. The molecule has 2 aliphatic rings. The van der Waals surface area contributed by atoms with Crippen LogP contribution in [-0.4, -0.2) is 29.6 Å². The standard InChI is InChI=1S/C23H24N2O2S.C2H6/c1-16-4-6-17(7-5-16)23-24-19(15-28-23)14-25-10-2-3-20(25)18-8-9-21-22(13-18)27-12-11-26-21;1-2/h4-9,13,15,20H,2-3,10-12,14H2,1H3;1-2H3. The van der Waals surface area contributed by atoms with E-state index in [2.05, 4.69) is 59.7 Å². The molecule has 2 aromatic carbocycles. The number of benzene rings is 2. The van der Waals surface area contributed by atoms with Crippen molar-refractivity contribution in [3.8, 4) is 22.1 Å². The fraction of sp³-hybridized carbons (Fsp3) is 0.400. The highest BCUT2D eigenvalue weighted by atomic mass is 32.1. The normalized spacial score (nSPS) is 18.0. The van der Waals surface area contributed by atoms with Crippen LogP contribution in [0.5, 0.6) is 11.5 Å². The molecule has 3 heterocycles. The summed E-state index contributed by atoms with van der Waals surface area (Å²) in [6.07, 6.45) is 2.39. The van der Waals surface area contributed by atoms with E-state index in [1.807, 2.05) is 13.8 Å². The van der Waals surface area contributed by atoms with Gasteiger partial charge in [0.1, 0.15) is 18.2 Å². The van der Waals surface area contributed by atoms with E-state index in [4.69, 9.17) is 14.5 Å². The fourth-order valence-electron chi connectivity index (χ4n) is 4.08. The fourth-order valence-corrected chi connectivity index (χ4v) is 4.89. The summed E-state index contributed by atoms with van der Waals surface area (Å²) in [7, 11) is 0. The van der Waals surface area contributed by atoms with E-state index in [1.165, 1.54) is 29.5 Å². The average molecular weight is 423 g/mol. The second-order valence-corrected chi connectivity index (χ2v) is 8.40. The summed E-state index contributed by atoms with van der Waals surface area (Å²) >= 11 is 1.73. The van der Waals surface area contributed by atoms with Crippen molar-refractivity contribution < 1.29 is 9.47 Å². The Hall–Kier alpha value is -2.37. The van der Waals surface area contributed by atoms with Gasteiger partial charge in [-0.2, -0.15) is 0 Å². The summed E-state index contributed by atoms with van der Waals surface area (Å²) in [5.74, 6) is 1.74. The number of fused-ring (bicyclic) bond motifs is 1. The maximum absolute atomic E-state index is 5.78. The van der Waals surface area contributed by atoms with Crippen LogP contribution in [0.15, 0.2) is 47.8 Å². The van der Waals surface area contributed by atoms with Crippen LogP contribution in [0.1, 0.15) is 49.6 Å². The van der Waals surface area contributed by atoms with Gasteiger partial charge in [-0.3, -0.25) is 4.90 Å². The number of ether oxygens (including phenoxy) is 2. The van der Waals surface area contributed by atoms with Gasteiger partial charge in [0.05, 0.1) is 5.69 Å². The quantitative estimate of drug-likeness (QED) is 0.497. The molecule has 0 radical (unpaired) electrons. The molecule has 5 rings (SSSR count). The molecule has 158 valence electrons. The van der Waals surface area contributed by atoms with Crippen LogP contribution in [0.4, 0.5) is 0 Å². The van der Waals surface area contributed by atoms with Crippen LogP contribution in [0.3, 0.4) is 0 Å². The van der Waals surface area contributed by atoms with Crippen molar-refractivity contribution in [3.63, 3.8) is 0 Å². The largest absolute Gasteiger partial charge is 0.486 e. The Morgan fingerprint density at radius 3 is 2.60 bits per heavy atom. The van der Waals surface area contributed by atoms with Crippen molar-refractivity contribution in [3.05, 3.63) is 64.7 Å². The average Bonchev–Trinajstić information content (AvgIpc) is 3.45. The first kappa shape index (κ1) is 20.9. The topological polar surface area (TPSA) is 34.6 Å². The maximum Gasteiger partial charge on any atom is 0.161 e. The smallest absolute Gasteiger partial charge is 0.161 e. The Balaban J connectivity index is 0.00000106. The van der Waals surface area contributed by atoms with Crippen LogP contribution in [0.2, 0.25) is 0 Å². The summed E-state index contributed by atoms with van der Waals surface area (Å²) in [6.45, 7) is 9.38. The first-order chi connectivity index (χ1) is 14.8. The number of likely N-dealkylation sites (tertiary alicyclic amines) is 1. The minimum absolute atomic E-state index is 0.417. The summed E-state index contributed by atoms with van der Waals surface area (Å²) in [6, 6.07) is 15.4. The SMILES string of the molecule is CC.Cc1ccc(-c2nc(CN3CCCC3c3ccc4c(c3)OCCO4)cs2)cc1. The molecule has 1 unspecified atom stereocenters. The first-order valence-electron chi connectivity index (χ1n) is 10.9. The van der Waals surface area contributed by atoms with Gasteiger partial charge in [0.25, 0.3) is 0 Å². The molecule has 1 fully saturated rings. The number of hydrogen-bond donors (Lipinski definition) is 0. The van der Waals surface area contributed by atoms with E-state index in [0.29, 0.717) is 19.3 Å². The van der Waals surface area contributed by atoms with E-state index in [0.717, 1.165) is 35.3 Å². The van der Waals surface area contributed by atoms with Crippen molar-refractivity contribution in [2.75, 3.05) is 19.8 Å². The molecule has 3 aromatic rings. The number of nitrogens with zero attached hydrogens (tertiary/aromatic N) is 2. The molecular weight excluding hydrogens is 392 g/mol. The van der Waals surface area contributed by atoms with Crippen LogP contribution in [0.25, 0.3) is 10.6 Å². The Morgan fingerprint density at radius 2 is 1.80 bits per heavy atom. The number of thiazole rings is 1. The minimum Gasteiger partial charge on any atom is -0.486 e. The zero-order valence-corrected chi connectivity index (χ0v) is 18.9. The third-order valence-corrected chi connectivity index (χ3v) is 6.47. The number of aryl methyl sites for hydroxylation is 1. The lowest BCUT2D eigenvalue weighted by Gasteiger charge is -2.26. The van der Waals surface area contributed by atoms with Crippen molar-refractivity contribution in [1.29, 1.82) is 0 Å². The van der Waals surface area contributed by atoms with E-state index in [9.17, 15) is 0 Å². The lowest BCUT2D eigenvalue weighted by molar-refractivity contribution is 0.170. The van der Waals surface area contributed by atoms with Gasteiger partial charge in [0, 0.05) is 23.5 Å². The molecule has 1 saturated heterocycles. The molecule has 0 aliphatic carbocycles. The molecule has 0 saturated carbocycles. The first-order valence-corrected chi connectivity index (χ1v) is 11.8. The highest BCUT2D eigenvalue weighted by molar-refractivity contribution is 7.13. The highest BCUT2D eigenvalue weighted by Gasteiger charge is 2.28. The Bertz CT molecular complexity index is 968. The number of hydrogen-bond acceptors (Lipinski definition) is 5. The second kappa shape index (κ2) is 9.63. The van der Waals surface area contributed by atoms with Gasteiger partial charge in [0.2, 0.25) is 0 Å². The monoisotopic (exact) mass is 422 g/mol. The van der Waals surface area contributed by atoms with Crippen LogP contribution in [0, 0.1) is 6.92 Å². The van der Waals surface area contributed by atoms with Gasteiger partial charge >= 0.3 is 0 Å². The zero-order valence-electron chi connectivity index (χ0n) is 18.1. The molecule has 0 N–H and O–H groups in total. The third kappa shape index (κ3) is 4.52. The molecular formula is C25H30N2O2S. The van der Waals surface area contributed by atoms with Crippen molar-refractivity contribution in [2.45, 2.75) is 46.2 Å². The Morgan fingerprint density at radius 1 is 1.03 bits per heavy atom. The van der Waals surface area contributed by atoms with E-state index >= 15 is 0 Å². The van der Waals surface area contributed by atoms with Gasteiger partial charge in [0.15, 0.2) is 11.5 Å². The van der Waals surface area contributed by atoms with Crippen LogP contribution < -0.4 is 9.47 Å². The highest BCUT2D eigenvalue weighted by Crippen LogP contribution is 2.39. The van der Waals surface area contributed by atoms with Crippen LogP contribution >= 0.6 is 11.3 Å². The predicted molar refractivity (Wildman–Crippen MR) is 123 cm³/mol. The lowest BCUT2D eigenvalue weighted by atomic mass is 10.0. The zero-order chi connectivity index (χ0) is 20.9. The number of rotatable bonds is 4. The predicted octanol–water partition coefficient (Wildman–Crippen LogP) is 6.25. The molecule has 1 atom stereocenters. The number of aromatic nitrogens is 1. The molecule has 30 heavy (non-hydrogen) atoms. The van der Waals surface area contributed by atoms with E-state index in [1.54, 1.807) is 11.3 Å². The minimum atomic E-state index is 0.417. The molecule has 1 aromatic heterocycles. The Kier molecular flexibility index (Phi) is 6.70. The van der Waals surface area contributed by atoms with Crippen molar-refractivity contribution in [2.24, 2.45) is 0 Å². The van der Waals surface area contributed by atoms with Gasteiger partial charge in [-0.25, -0.2) is 4.98 Å². The van der Waals surface area contributed by atoms with Crippen molar-refractivity contribution in [1.82, 2.24) is 9.88 Å².